The topological polar surface area (TPSA) is 58.7 Å². The standard InChI is InChI=1S/C29H36ClN3O3/c1-3-22(2)32(29(35)27-16-10-18-36-27)21-28(34)33(24-12-5-4-6-13-24)20-25-14-9-17-31(25)19-23-11-7-8-15-26(23)30/h7-11,14-18,22,24H,3-6,12-13,19-21H2,1-2H3. The van der Waals surface area contributed by atoms with Gasteiger partial charge in [-0.1, -0.05) is 56.0 Å². The average molecular weight is 510 g/mol. The zero-order chi connectivity index (χ0) is 25.5. The molecule has 1 saturated carbocycles. The fourth-order valence-corrected chi connectivity index (χ4v) is 5.17. The molecule has 0 saturated heterocycles. The quantitative estimate of drug-likeness (QED) is 0.318. The molecule has 0 aliphatic heterocycles. The van der Waals surface area contributed by atoms with Gasteiger partial charge in [-0.2, -0.15) is 0 Å². The van der Waals surface area contributed by atoms with Crippen molar-refractivity contribution in [3.63, 3.8) is 0 Å². The second kappa shape index (κ2) is 12.3. The Morgan fingerprint density at radius 2 is 1.86 bits per heavy atom. The lowest BCUT2D eigenvalue weighted by atomic mass is 9.94. The Bertz CT molecular complexity index is 1130. The molecule has 1 fully saturated rings. The minimum Gasteiger partial charge on any atom is -0.459 e. The zero-order valence-electron chi connectivity index (χ0n) is 21.2. The minimum absolute atomic E-state index is 0.0207. The van der Waals surface area contributed by atoms with Crippen molar-refractivity contribution in [3.05, 3.63) is 83.0 Å². The molecule has 1 aromatic carbocycles. The van der Waals surface area contributed by atoms with Gasteiger partial charge < -0.3 is 18.8 Å². The number of carbonyl (C=O) groups is 2. The molecule has 36 heavy (non-hydrogen) atoms. The van der Waals surface area contributed by atoms with E-state index in [2.05, 4.69) is 10.6 Å². The Labute approximate surface area is 218 Å². The van der Waals surface area contributed by atoms with Gasteiger partial charge in [-0.15, -0.1) is 0 Å². The van der Waals surface area contributed by atoms with E-state index in [4.69, 9.17) is 16.0 Å². The van der Waals surface area contributed by atoms with E-state index in [0.29, 0.717) is 13.1 Å². The molecule has 4 rings (SSSR count). The fourth-order valence-electron chi connectivity index (χ4n) is 4.97. The Balaban J connectivity index is 1.56. The molecule has 0 radical (unpaired) electrons. The second-order valence-corrected chi connectivity index (χ2v) is 10.1. The van der Waals surface area contributed by atoms with Crippen molar-refractivity contribution in [1.29, 1.82) is 0 Å². The Kier molecular flexibility index (Phi) is 8.92. The zero-order valence-corrected chi connectivity index (χ0v) is 22.0. The molecule has 1 unspecified atom stereocenters. The van der Waals surface area contributed by atoms with Crippen LogP contribution >= 0.6 is 11.6 Å². The summed E-state index contributed by atoms with van der Waals surface area (Å²) < 4.78 is 7.52. The average Bonchev–Trinajstić information content (AvgIpc) is 3.59. The maximum absolute atomic E-state index is 13.9. The maximum atomic E-state index is 13.9. The normalized spacial score (nSPS) is 15.0. The summed E-state index contributed by atoms with van der Waals surface area (Å²) in [5.74, 6) is 0.00178. The van der Waals surface area contributed by atoms with Crippen molar-refractivity contribution in [2.75, 3.05) is 6.54 Å². The molecule has 2 amide bonds. The summed E-state index contributed by atoms with van der Waals surface area (Å²) in [4.78, 5) is 30.7. The SMILES string of the molecule is CCC(C)N(CC(=O)N(Cc1cccn1Cc1ccccc1Cl)C1CCCCC1)C(=O)c1ccco1. The van der Waals surface area contributed by atoms with Gasteiger partial charge >= 0.3 is 0 Å². The third kappa shape index (κ3) is 6.22. The predicted molar refractivity (Wildman–Crippen MR) is 142 cm³/mol. The molecule has 2 aromatic heterocycles. The first-order valence-electron chi connectivity index (χ1n) is 13.0. The van der Waals surface area contributed by atoms with Crippen molar-refractivity contribution < 1.29 is 14.0 Å². The van der Waals surface area contributed by atoms with Gasteiger partial charge in [0.05, 0.1) is 12.8 Å². The van der Waals surface area contributed by atoms with Crippen molar-refractivity contribution >= 4 is 23.4 Å². The number of benzene rings is 1. The van der Waals surface area contributed by atoms with Crippen LogP contribution in [0.5, 0.6) is 0 Å². The number of amides is 2. The lowest BCUT2D eigenvalue weighted by Gasteiger charge is -2.37. The van der Waals surface area contributed by atoms with E-state index in [1.165, 1.54) is 12.7 Å². The van der Waals surface area contributed by atoms with E-state index in [1.54, 1.807) is 17.0 Å². The van der Waals surface area contributed by atoms with Crippen LogP contribution in [0.1, 0.15) is 74.2 Å². The highest BCUT2D eigenvalue weighted by Crippen LogP contribution is 2.26. The summed E-state index contributed by atoms with van der Waals surface area (Å²) in [5.41, 5.74) is 2.10. The van der Waals surface area contributed by atoms with Crippen LogP contribution in [0, 0.1) is 0 Å². The Morgan fingerprint density at radius 1 is 1.08 bits per heavy atom. The number of carbonyl (C=O) groups excluding carboxylic acids is 2. The summed E-state index contributed by atoms with van der Waals surface area (Å²) >= 11 is 6.42. The molecule has 3 aromatic rings. The van der Waals surface area contributed by atoms with Gasteiger partial charge in [0.15, 0.2) is 5.76 Å². The van der Waals surface area contributed by atoms with E-state index in [9.17, 15) is 9.59 Å². The highest BCUT2D eigenvalue weighted by Gasteiger charge is 2.31. The molecule has 1 aliphatic carbocycles. The van der Waals surface area contributed by atoms with Crippen molar-refractivity contribution in [2.24, 2.45) is 0 Å². The number of nitrogens with zero attached hydrogens (tertiary/aromatic N) is 3. The first-order valence-corrected chi connectivity index (χ1v) is 13.4. The third-order valence-corrected chi connectivity index (χ3v) is 7.68. The van der Waals surface area contributed by atoms with Gasteiger partial charge in [0.1, 0.15) is 6.54 Å². The van der Waals surface area contributed by atoms with Crippen molar-refractivity contribution in [2.45, 2.75) is 77.5 Å². The van der Waals surface area contributed by atoms with Crippen LogP contribution in [-0.2, 0) is 17.9 Å². The summed E-state index contributed by atoms with van der Waals surface area (Å²) in [5, 5.41) is 0.734. The molecule has 192 valence electrons. The molecule has 0 spiro atoms. The number of hydrogen-bond acceptors (Lipinski definition) is 3. The molecule has 1 atom stereocenters. The van der Waals surface area contributed by atoms with Crippen LogP contribution < -0.4 is 0 Å². The van der Waals surface area contributed by atoms with E-state index in [1.807, 2.05) is 55.3 Å². The van der Waals surface area contributed by atoms with Gasteiger partial charge in [0.25, 0.3) is 5.91 Å². The molecule has 1 aliphatic rings. The van der Waals surface area contributed by atoms with E-state index in [-0.39, 0.29) is 36.2 Å². The lowest BCUT2D eigenvalue weighted by Crippen LogP contribution is -2.49. The van der Waals surface area contributed by atoms with E-state index in [0.717, 1.165) is 48.4 Å². The maximum Gasteiger partial charge on any atom is 0.290 e. The fraction of sp³-hybridized carbons (Fsp3) is 0.448. The largest absolute Gasteiger partial charge is 0.459 e. The molecule has 0 N–H and O–H groups in total. The van der Waals surface area contributed by atoms with Crippen molar-refractivity contribution in [1.82, 2.24) is 14.4 Å². The summed E-state index contributed by atoms with van der Waals surface area (Å²) in [6.45, 7) is 5.19. The third-order valence-electron chi connectivity index (χ3n) is 7.31. The second-order valence-electron chi connectivity index (χ2n) is 9.70. The first-order chi connectivity index (χ1) is 17.5. The number of hydrogen-bond donors (Lipinski definition) is 0. The smallest absolute Gasteiger partial charge is 0.290 e. The van der Waals surface area contributed by atoms with Crippen LogP contribution in [0.15, 0.2) is 65.4 Å². The van der Waals surface area contributed by atoms with Crippen LogP contribution in [0.4, 0.5) is 0 Å². The number of furan rings is 1. The summed E-state index contributed by atoms with van der Waals surface area (Å²) in [6.07, 6.45) is 9.71. The van der Waals surface area contributed by atoms with Crippen LogP contribution in [0.2, 0.25) is 5.02 Å². The highest BCUT2D eigenvalue weighted by molar-refractivity contribution is 6.31. The Hall–Kier alpha value is -2.99. The van der Waals surface area contributed by atoms with E-state index >= 15 is 0 Å². The molecule has 2 heterocycles. The summed E-state index contributed by atoms with van der Waals surface area (Å²) in [7, 11) is 0. The van der Waals surface area contributed by atoms with Crippen LogP contribution in [0.3, 0.4) is 0 Å². The van der Waals surface area contributed by atoms with E-state index < -0.39 is 0 Å². The van der Waals surface area contributed by atoms with Crippen molar-refractivity contribution in [3.8, 4) is 0 Å². The molecular formula is C29H36ClN3O3. The molecule has 0 bridgehead atoms. The summed E-state index contributed by atoms with van der Waals surface area (Å²) in [6, 6.07) is 15.4. The van der Waals surface area contributed by atoms with Gasteiger partial charge in [0, 0.05) is 35.5 Å². The Morgan fingerprint density at radius 3 is 2.56 bits per heavy atom. The van der Waals surface area contributed by atoms with Crippen LogP contribution in [-0.4, -0.2) is 44.8 Å². The monoisotopic (exact) mass is 509 g/mol. The number of halogens is 1. The van der Waals surface area contributed by atoms with Crippen LogP contribution in [0.25, 0.3) is 0 Å². The minimum atomic E-state index is -0.242. The number of rotatable bonds is 10. The highest BCUT2D eigenvalue weighted by atomic mass is 35.5. The van der Waals surface area contributed by atoms with Gasteiger partial charge in [0.2, 0.25) is 5.91 Å². The van der Waals surface area contributed by atoms with Gasteiger partial charge in [-0.25, -0.2) is 0 Å². The molecular weight excluding hydrogens is 474 g/mol. The van der Waals surface area contributed by atoms with Gasteiger partial charge in [-0.3, -0.25) is 9.59 Å². The van der Waals surface area contributed by atoms with Gasteiger partial charge in [-0.05, 0) is 62.1 Å². The lowest BCUT2D eigenvalue weighted by molar-refractivity contribution is -0.136. The predicted octanol–water partition coefficient (Wildman–Crippen LogP) is 6.39. The number of aromatic nitrogens is 1. The first kappa shape index (κ1) is 26.1. The molecule has 7 heteroatoms. The molecule has 6 nitrogen and oxygen atoms in total.